The molecular weight excluding hydrogens is 390 g/mol. The first-order chi connectivity index (χ1) is 12.9. The summed E-state index contributed by atoms with van der Waals surface area (Å²) in [5.41, 5.74) is 2.41. The molecule has 0 fully saturated rings. The van der Waals surface area contributed by atoms with Crippen LogP contribution in [0.15, 0.2) is 36.4 Å². The van der Waals surface area contributed by atoms with Gasteiger partial charge in [0.15, 0.2) is 0 Å². The molecule has 0 aliphatic heterocycles. The molecule has 0 saturated carbocycles. The maximum absolute atomic E-state index is 13.7. The van der Waals surface area contributed by atoms with Crippen molar-refractivity contribution < 1.29 is 9.18 Å². The van der Waals surface area contributed by atoms with Crippen molar-refractivity contribution in [2.75, 3.05) is 6.54 Å². The third kappa shape index (κ3) is 4.34. The number of para-hydroxylation sites is 2. The van der Waals surface area contributed by atoms with E-state index in [4.69, 9.17) is 23.2 Å². The largest absolute Gasteiger partial charge is 0.336 e. The number of benzene rings is 2. The van der Waals surface area contributed by atoms with Gasteiger partial charge in [0.05, 0.1) is 22.1 Å². The monoisotopic (exact) mass is 408 g/mol. The van der Waals surface area contributed by atoms with Crippen molar-refractivity contribution in [2.45, 2.75) is 26.4 Å². The van der Waals surface area contributed by atoms with Crippen molar-refractivity contribution in [1.82, 2.24) is 20.2 Å². The summed E-state index contributed by atoms with van der Waals surface area (Å²) in [6.07, 6.45) is 0. The smallest absolute Gasteiger partial charge is 0.315 e. The molecule has 0 bridgehead atoms. The van der Waals surface area contributed by atoms with E-state index >= 15 is 0 Å². The van der Waals surface area contributed by atoms with Crippen LogP contribution in [0.3, 0.4) is 0 Å². The van der Waals surface area contributed by atoms with E-state index < -0.39 is 11.9 Å². The maximum Gasteiger partial charge on any atom is 0.315 e. The number of nitrogens with zero attached hydrogens (tertiary/aromatic N) is 2. The number of urea groups is 1. The first kappa shape index (κ1) is 19.5. The van der Waals surface area contributed by atoms with Crippen molar-refractivity contribution in [3.05, 3.63) is 63.6 Å². The number of halogens is 3. The molecule has 8 heteroatoms. The lowest BCUT2D eigenvalue weighted by Gasteiger charge is -2.17. The van der Waals surface area contributed by atoms with Crippen LogP contribution in [0.25, 0.3) is 11.0 Å². The van der Waals surface area contributed by atoms with E-state index in [-0.39, 0.29) is 11.1 Å². The first-order valence-electron chi connectivity index (χ1n) is 8.47. The van der Waals surface area contributed by atoms with Gasteiger partial charge in [-0.25, -0.2) is 14.2 Å². The molecule has 1 heterocycles. The van der Waals surface area contributed by atoms with Gasteiger partial charge in [-0.1, -0.05) is 35.3 Å². The third-order valence-electron chi connectivity index (χ3n) is 4.32. The van der Waals surface area contributed by atoms with Gasteiger partial charge in [-0.3, -0.25) is 0 Å². The fourth-order valence-electron chi connectivity index (χ4n) is 2.95. The number of carbonyl (C=O) groups is 1. The highest BCUT2D eigenvalue weighted by atomic mass is 35.5. The Balaban J connectivity index is 1.58. The van der Waals surface area contributed by atoms with Gasteiger partial charge in [0.25, 0.3) is 0 Å². The van der Waals surface area contributed by atoms with Gasteiger partial charge in [0, 0.05) is 18.1 Å². The molecule has 27 heavy (non-hydrogen) atoms. The number of imidazole rings is 1. The number of carbonyl (C=O) groups excluding carboxylic acids is 1. The second-order valence-corrected chi connectivity index (χ2v) is 7.02. The van der Waals surface area contributed by atoms with Crippen molar-refractivity contribution in [3.8, 4) is 0 Å². The molecule has 0 saturated heterocycles. The molecule has 0 radical (unpaired) electrons. The lowest BCUT2D eigenvalue weighted by atomic mass is 10.1. The van der Waals surface area contributed by atoms with Gasteiger partial charge in [0.1, 0.15) is 11.6 Å². The summed E-state index contributed by atoms with van der Waals surface area (Å²) in [5, 5.41) is 5.79. The predicted molar refractivity (Wildman–Crippen MR) is 106 cm³/mol. The number of rotatable bonds is 5. The third-order valence-corrected chi connectivity index (χ3v) is 4.94. The number of amides is 2. The Morgan fingerprint density at radius 1 is 1.26 bits per heavy atom. The molecule has 1 atom stereocenters. The minimum Gasteiger partial charge on any atom is -0.336 e. The van der Waals surface area contributed by atoms with Crippen LogP contribution >= 0.6 is 23.2 Å². The Hall–Kier alpha value is -2.31. The second-order valence-electron chi connectivity index (χ2n) is 6.21. The van der Waals surface area contributed by atoms with E-state index in [2.05, 4.69) is 15.6 Å². The highest BCUT2D eigenvalue weighted by molar-refractivity contribution is 6.35. The lowest BCUT2D eigenvalue weighted by molar-refractivity contribution is 0.237. The minimum absolute atomic E-state index is 0.0525. The minimum atomic E-state index is -0.576. The molecule has 3 rings (SSSR count). The number of fused-ring (bicyclic) bond motifs is 1. The molecule has 1 aromatic heterocycles. The summed E-state index contributed by atoms with van der Waals surface area (Å²) < 4.78 is 15.7. The SMILES string of the molecule is Cc1nc2ccccc2n1CCNC(=O)NC(C)c1cc(F)c(Cl)cc1Cl. The zero-order chi connectivity index (χ0) is 19.6. The summed E-state index contributed by atoms with van der Waals surface area (Å²) in [5.74, 6) is 0.308. The van der Waals surface area contributed by atoms with E-state index in [0.29, 0.717) is 23.7 Å². The van der Waals surface area contributed by atoms with Crippen LogP contribution in [0.1, 0.15) is 24.4 Å². The molecule has 0 aliphatic carbocycles. The molecule has 0 spiro atoms. The Kier molecular flexibility index (Phi) is 5.87. The highest BCUT2D eigenvalue weighted by Gasteiger charge is 2.15. The molecule has 2 aromatic carbocycles. The van der Waals surface area contributed by atoms with Gasteiger partial charge in [-0.2, -0.15) is 0 Å². The average Bonchev–Trinajstić information content (AvgIpc) is 2.93. The summed E-state index contributed by atoms with van der Waals surface area (Å²) in [4.78, 5) is 16.7. The summed E-state index contributed by atoms with van der Waals surface area (Å²) in [7, 11) is 0. The van der Waals surface area contributed by atoms with E-state index in [9.17, 15) is 9.18 Å². The van der Waals surface area contributed by atoms with Crippen molar-refractivity contribution in [2.24, 2.45) is 0 Å². The average molecular weight is 409 g/mol. The molecule has 3 aromatic rings. The van der Waals surface area contributed by atoms with Gasteiger partial charge in [-0.05, 0) is 43.7 Å². The number of aryl methyl sites for hydroxylation is 1. The highest BCUT2D eigenvalue weighted by Crippen LogP contribution is 2.28. The van der Waals surface area contributed by atoms with E-state index in [1.165, 1.54) is 12.1 Å². The fourth-order valence-corrected chi connectivity index (χ4v) is 3.50. The zero-order valence-corrected chi connectivity index (χ0v) is 16.4. The molecule has 2 N–H and O–H groups in total. The van der Waals surface area contributed by atoms with Crippen LogP contribution in [0.4, 0.5) is 9.18 Å². The quantitative estimate of drug-likeness (QED) is 0.592. The first-order valence-corrected chi connectivity index (χ1v) is 9.23. The molecule has 142 valence electrons. The Bertz CT molecular complexity index is 989. The topological polar surface area (TPSA) is 59.0 Å². The van der Waals surface area contributed by atoms with Gasteiger partial charge in [0.2, 0.25) is 0 Å². The van der Waals surface area contributed by atoms with Crippen LogP contribution < -0.4 is 10.6 Å². The van der Waals surface area contributed by atoms with Crippen molar-refractivity contribution in [3.63, 3.8) is 0 Å². The molecule has 0 aliphatic rings. The lowest BCUT2D eigenvalue weighted by Crippen LogP contribution is -2.38. The normalized spacial score (nSPS) is 12.2. The van der Waals surface area contributed by atoms with Crippen LogP contribution in [0, 0.1) is 12.7 Å². The molecule has 2 amide bonds. The summed E-state index contributed by atoms with van der Waals surface area (Å²) in [6, 6.07) is 9.57. The van der Waals surface area contributed by atoms with Crippen LogP contribution in [0.5, 0.6) is 0 Å². The van der Waals surface area contributed by atoms with E-state index in [1.54, 1.807) is 6.92 Å². The standard InChI is InChI=1S/C19H19Cl2FN4O/c1-11(13-9-16(22)15(21)10-14(13)20)24-19(27)23-7-8-26-12(2)25-17-5-3-4-6-18(17)26/h3-6,9-11H,7-8H2,1-2H3,(H2,23,24,27). The van der Waals surface area contributed by atoms with Crippen LogP contribution in [-0.2, 0) is 6.54 Å². The predicted octanol–water partition coefficient (Wildman–Crippen LogP) is 4.85. The number of hydrogen-bond donors (Lipinski definition) is 2. The van der Waals surface area contributed by atoms with Gasteiger partial charge >= 0.3 is 6.03 Å². The second kappa shape index (κ2) is 8.15. The van der Waals surface area contributed by atoms with Crippen molar-refractivity contribution in [1.29, 1.82) is 0 Å². The van der Waals surface area contributed by atoms with E-state index in [1.807, 2.05) is 35.8 Å². The molecular formula is C19H19Cl2FN4O. The van der Waals surface area contributed by atoms with Crippen LogP contribution in [-0.4, -0.2) is 22.1 Å². The Morgan fingerprint density at radius 2 is 2.00 bits per heavy atom. The summed E-state index contributed by atoms with van der Waals surface area (Å²) in [6.45, 7) is 4.66. The van der Waals surface area contributed by atoms with Gasteiger partial charge in [-0.15, -0.1) is 0 Å². The molecule has 5 nitrogen and oxygen atoms in total. The van der Waals surface area contributed by atoms with Crippen molar-refractivity contribution >= 4 is 40.3 Å². The number of aromatic nitrogens is 2. The molecule has 1 unspecified atom stereocenters. The fraction of sp³-hybridized carbons (Fsp3) is 0.263. The van der Waals surface area contributed by atoms with Gasteiger partial charge < -0.3 is 15.2 Å². The Labute approximate surface area is 166 Å². The maximum atomic E-state index is 13.7. The number of hydrogen-bond acceptors (Lipinski definition) is 2. The Morgan fingerprint density at radius 3 is 2.78 bits per heavy atom. The zero-order valence-electron chi connectivity index (χ0n) is 14.9. The number of nitrogens with one attached hydrogen (secondary N) is 2. The summed E-state index contributed by atoms with van der Waals surface area (Å²) >= 11 is 11.8. The van der Waals surface area contributed by atoms with Crippen LogP contribution in [0.2, 0.25) is 10.0 Å². The van der Waals surface area contributed by atoms with E-state index in [0.717, 1.165) is 16.9 Å².